The highest BCUT2D eigenvalue weighted by Crippen LogP contribution is 2.40. The second-order valence-electron chi connectivity index (χ2n) is 13.5. The van der Waals surface area contributed by atoms with Gasteiger partial charge >= 0.3 is 0 Å². The van der Waals surface area contributed by atoms with Crippen LogP contribution in [0.15, 0.2) is 194 Å². The fourth-order valence-electron chi connectivity index (χ4n) is 7.69. The van der Waals surface area contributed by atoms with Crippen LogP contribution < -0.4 is 4.90 Å². The summed E-state index contributed by atoms with van der Waals surface area (Å²) >= 11 is 0. The number of hydrogen-bond donors (Lipinski definition) is 0. The van der Waals surface area contributed by atoms with Crippen LogP contribution in [0.3, 0.4) is 0 Å². The minimum absolute atomic E-state index is 1.12. The lowest BCUT2D eigenvalue weighted by Crippen LogP contribution is -2.10. The van der Waals surface area contributed by atoms with Gasteiger partial charge in [-0.25, -0.2) is 0 Å². The van der Waals surface area contributed by atoms with Crippen molar-refractivity contribution in [2.45, 2.75) is 13.8 Å². The van der Waals surface area contributed by atoms with E-state index in [-0.39, 0.29) is 0 Å². The Morgan fingerprint density at radius 1 is 0.346 bits per heavy atom. The number of nitrogens with zero attached hydrogens (tertiary/aromatic N) is 2. The summed E-state index contributed by atoms with van der Waals surface area (Å²) in [5.41, 5.74) is 16.8. The summed E-state index contributed by atoms with van der Waals surface area (Å²) in [5.74, 6) is 0. The molecule has 248 valence electrons. The summed E-state index contributed by atoms with van der Waals surface area (Å²) in [6.07, 6.45) is 0. The highest BCUT2D eigenvalue weighted by atomic mass is 15.1. The van der Waals surface area contributed by atoms with Gasteiger partial charge in [0.15, 0.2) is 0 Å². The third-order valence-corrected chi connectivity index (χ3v) is 10.3. The van der Waals surface area contributed by atoms with Gasteiger partial charge in [0.2, 0.25) is 0 Å². The van der Waals surface area contributed by atoms with Crippen molar-refractivity contribution >= 4 is 38.9 Å². The summed E-state index contributed by atoms with van der Waals surface area (Å²) in [5, 5.41) is 2.56. The van der Waals surface area contributed by atoms with Crippen molar-refractivity contribution in [1.29, 1.82) is 0 Å². The van der Waals surface area contributed by atoms with Gasteiger partial charge < -0.3 is 9.47 Å². The number of hydrogen-bond acceptors (Lipinski definition) is 1. The van der Waals surface area contributed by atoms with Crippen LogP contribution in [0.2, 0.25) is 0 Å². The molecule has 0 aliphatic carbocycles. The van der Waals surface area contributed by atoms with Gasteiger partial charge in [0.1, 0.15) is 0 Å². The van der Waals surface area contributed by atoms with E-state index in [4.69, 9.17) is 0 Å². The fraction of sp³-hybridized carbons (Fsp3) is 0.0400. The molecule has 0 aliphatic heterocycles. The molecule has 1 aromatic heterocycles. The Morgan fingerprint density at radius 2 is 0.750 bits per heavy atom. The zero-order chi connectivity index (χ0) is 35.0. The van der Waals surface area contributed by atoms with Crippen LogP contribution in [0.1, 0.15) is 11.1 Å². The van der Waals surface area contributed by atoms with Crippen LogP contribution in [-0.4, -0.2) is 4.57 Å². The highest BCUT2D eigenvalue weighted by Gasteiger charge is 2.17. The van der Waals surface area contributed by atoms with Crippen molar-refractivity contribution in [3.05, 3.63) is 205 Å². The number of fused-ring (bicyclic) bond motifs is 3. The molecule has 0 aliphatic rings. The number of aryl methyl sites for hydroxylation is 2. The predicted octanol–water partition coefficient (Wildman–Crippen LogP) is 13.9. The molecule has 0 unspecified atom stereocenters. The number of rotatable bonds is 7. The molecule has 8 aromatic carbocycles. The van der Waals surface area contributed by atoms with Gasteiger partial charge in [-0.3, -0.25) is 0 Å². The van der Waals surface area contributed by atoms with Gasteiger partial charge in [0, 0.05) is 33.5 Å². The molecule has 0 saturated heterocycles. The Bertz CT molecular complexity index is 2530. The SMILES string of the molecule is Cc1cc(N(c2ccc(-c3ccccc3)cc2)c2ccc(-c3ccccc3)cc2)ccc1-c1ccc(-n2c3ccccc3c3ccccc32)cc1C. The molecular formula is C50H38N2. The Labute approximate surface area is 305 Å². The van der Waals surface area contributed by atoms with Crippen molar-refractivity contribution in [1.82, 2.24) is 4.57 Å². The molecule has 0 radical (unpaired) electrons. The maximum absolute atomic E-state index is 2.39. The van der Waals surface area contributed by atoms with Gasteiger partial charge in [-0.2, -0.15) is 0 Å². The first-order valence-electron chi connectivity index (χ1n) is 17.9. The normalized spacial score (nSPS) is 11.3. The molecule has 0 amide bonds. The number of para-hydroxylation sites is 2. The lowest BCUT2D eigenvalue weighted by Gasteiger charge is -2.27. The molecule has 52 heavy (non-hydrogen) atoms. The highest BCUT2D eigenvalue weighted by molar-refractivity contribution is 6.09. The monoisotopic (exact) mass is 666 g/mol. The zero-order valence-corrected chi connectivity index (χ0v) is 29.4. The minimum Gasteiger partial charge on any atom is -0.310 e. The van der Waals surface area contributed by atoms with Gasteiger partial charge in [0.25, 0.3) is 0 Å². The van der Waals surface area contributed by atoms with E-state index in [2.05, 4.69) is 217 Å². The topological polar surface area (TPSA) is 8.17 Å². The second-order valence-corrected chi connectivity index (χ2v) is 13.5. The van der Waals surface area contributed by atoms with Gasteiger partial charge in [-0.15, -0.1) is 0 Å². The maximum atomic E-state index is 2.39. The molecule has 2 heteroatoms. The second kappa shape index (κ2) is 13.2. The van der Waals surface area contributed by atoms with E-state index in [0.29, 0.717) is 0 Å². The van der Waals surface area contributed by atoms with E-state index in [1.54, 1.807) is 0 Å². The van der Waals surface area contributed by atoms with Gasteiger partial charge in [-0.1, -0.05) is 133 Å². The third kappa shape index (κ3) is 5.65. The third-order valence-electron chi connectivity index (χ3n) is 10.3. The first-order chi connectivity index (χ1) is 25.6. The standard InChI is InChI=1S/C50H38N2/c1-35-33-43(29-31-45(35)46-32-30-44(34-36(46)2)52-49-19-11-9-17-47(49)48-18-10-12-20-50(48)52)51(41-25-21-39(22-26-41)37-13-5-3-6-14-37)42-27-23-40(24-28-42)38-15-7-4-8-16-38/h3-34H,1-2H3. The summed E-state index contributed by atoms with van der Waals surface area (Å²) in [4.78, 5) is 2.36. The van der Waals surface area contributed by atoms with E-state index in [1.807, 2.05) is 0 Å². The maximum Gasteiger partial charge on any atom is 0.0541 e. The molecule has 9 aromatic rings. The fourth-order valence-corrected chi connectivity index (χ4v) is 7.69. The quantitative estimate of drug-likeness (QED) is 0.164. The molecule has 0 spiro atoms. The average Bonchev–Trinajstić information content (AvgIpc) is 3.54. The van der Waals surface area contributed by atoms with E-state index in [1.165, 1.54) is 72.0 Å². The first-order valence-corrected chi connectivity index (χ1v) is 17.9. The Kier molecular flexibility index (Phi) is 7.98. The molecule has 0 fully saturated rings. The van der Waals surface area contributed by atoms with Crippen molar-refractivity contribution < 1.29 is 0 Å². The molecule has 0 N–H and O–H groups in total. The van der Waals surface area contributed by atoms with Crippen molar-refractivity contribution in [3.63, 3.8) is 0 Å². The van der Waals surface area contributed by atoms with Crippen molar-refractivity contribution in [3.8, 4) is 39.1 Å². The number of anilines is 3. The summed E-state index contributed by atoms with van der Waals surface area (Å²) < 4.78 is 2.39. The average molecular weight is 667 g/mol. The van der Waals surface area contributed by atoms with Crippen molar-refractivity contribution in [2.75, 3.05) is 4.90 Å². The molecule has 0 saturated carbocycles. The van der Waals surface area contributed by atoms with Crippen LogP contribution in [0, 0.1) is 13.8 Å². The molecule has 0 atom stereocenters. The molecule has 9 rings (SSSR count). The lowest BCUT2D eigenvalue weighted by atomic mass is 9.95. The van der Waals surface area contributed by atoms with E-state index < -0.39 is 0 Å². The number of benzene rings is 8. The van der Waals surface area contributed by atoms with Crippen LogP contribution in [-0.2, 0) is 0 Å². The Morgan fingerprint density at radius 3 is 1.23 bits per heavy atom. The minimum atomic E-state index is 1.12. The largest absolute Gasteiger partial charge is 0.310 e. The van der Waals surface area contributed by atoms with Crippen LogP contribution >= 0.6 is 0 Å². The zero-order valence-electron chi connectivity index (χ0n) is 29.4. The van der Waals surface area contributed by atoms with E-state index in [9.17, 15) is 0 Å². The summed E-state index contributed by atoms with van der Waals surface area (Å²) in [6.45, 7) is 4.46. The lowest BCUT2D eigenvalue weighted by molar-refractivity contribution is 1.17. The number of aromatic nitrogens is 1. The predicted molar refractivity (Wildman–Crippen MR) is 221 cm³/mol. The van der Waals surface area contributed by atoms with Crippen LogP contribution in [0.4, 0.5) is 17.1 Å². The molecule has 2 nitrogen and oxygen atoms in total. The van der Waals surface area contributed by atoms with Crippen molar-refractivity contribution in [2.24, 2.45) is 0 Å². The Hall–Kier alpha value is -6.64. The molecule has 1 heterocycles. The van der Waals surface area contributed by atoms with Crippen LogP contribution in [0.5, 0.6) is 0 Å². The first kappa shape index (κ1) is 31.3. The van der Waals surface area contributed by atoms with E-state index >= 15 is 0 Å². The van der Waals surface area contributed by atoms with Gasteiger partial charge in [-0.05, 0) is 119 Å². The van der Waals surface area contributed by atoms with E-state index in [0.717, 1.165) is 17.1 Å². The van der Waals surface area contributed by atoms with Gasteiger partial charge in [0.05, 0.1) is 11.0 Å². The molecular weight excluding hydrogens is 629 g/mol. The van der Waals surface area contributed by atoms with Crippen LogP contribution in [0.25, 0.3) is 60.9 Å². The summed E-state index contributed by atoms with van der Waals surface area (Å²) in [7, 11) is 0. The molecule has 0 bridgehead atoms. The Balaban J connectivity index is 1.10. The smallest absolute Gasteiger partial charge is 0.0541 e. The summed E-state index contributed by atoms with van der Waals surface area (Å²) in [6, 6.07) is 70.1.